The summed E-state index contributed by atoms with van der Waals surface area (Å²) in [4.78, 5) is 24.3. The summed E-state index contributed by atoms with van der Waals surface area (Å²) in [6.45, 7) is 1.83. The number of thioether (sulfide) groups is 1. The second kappa shape index (κ2) is 6.45. The van der Waals surface area contributed by atoms with Gasteiger partial charge in [0.05, 0.1) is 17.9 Å². The van der Waals surface area contributed by atoms with Crippen LogP contribution in [-0.2, 0) is 11.8 Å². The minimum Gasteiger partial charge on any atom is -0.461 e. The van der Waals surface area contributed by atoms with Crippen molar-refractivity contribution in [2.75, 3.05) is 11.1 Å². The molecule has 1 aliphatic heterocycles. The lowest BCUT2D eigenvalue weighted by Gasteiger charge is -2.06. The Morgan fingerprint density at radius 2 is 2.19 bits per heavy atom. The van der Waals surface area contributed by atoms with Gasteiger partial charge in [0.15, 0.2) is 22.5 Å². The summed E-state index contributed by atoms with van der Waals surface area (Å²) < 4.78 is 7.13. The molecule has 0 fully saturated rings. The van der Waals surface area contributed by atoms with E-state index in [0.29, 0.717) is 22.3 Å². The number of rotatable bonds is 5. The second-order valence-electron chi connectivity index (χ2n) is 6.07. The fraction of sp³-hybridized carbons (Fsp3) is 0.222. The van der Waals surface area contributed by atoms with Crippen molar-refractivity contribution < 1.29 is 14.0 Å². The van der Waals surface area contributed by atoms with Crippen LogP contribution in [0.25, 0.3) is 11.6 Å². The fourth-order valence-electron chi connectivity index (χ4n) is 2.86. The van der Waals surface area contributed by atoms with Crippen molar-refractivity contribution in [3.05, 3.63) is 47.7 Å². The number of fused-ring (bicyclic) bond motifs is 1. The highest BCUT2D eigenvalue weighted by Crippen LogP contribution is 2.33. The number of benzene rings is 1. The summed E-state index contributed by atoms with van der Waals surface area (Å²) in [5.41, 5.74) is 2.24. The number of nitrogens with one attached hydrogen (secondary N) is 1. The van der Waals surface area contributed by atoms with Gasteiger partial charge in [0, 0.05) is 18.3 Å². The Kier molecular flexibility index (Phi) is 4.12. The Balaban J connectivity index is 1.48. The molecule has 0 saturated carbocycles. The number of hydrogen-bond acceptors (Lipinski definition) is 6. The predicted molar refractivity (Wildman–Crippen MR) is 97.2 cm³/mol. The normalized spacial score (nSPS) is 15.8. The van der Waals surface area contributed by atoms with Crippen LogP contribution in [0.2, 0.25) is 0 Å². The van der Waals surface area contributed by atoms with Gasteiger partial charge >= 0.3 is 0 Å². The van der Waals surface area contributed by atoms with Crippen LogP contribution in [0, 0.1) is 0 Å². The number of Topliss-reactive ketones (excluding diaryl/α,β-unsaturated/α-hetero) is 1. The molecule has 1 aliphatic rings. The van der Waals surface area contributed by atoms with Gasteiger partial charge in [-0.25, -0.2) is 0 Å². The van der Waals surface area contributed by atoms with E-state index in [9.17, 15) is 9.59 Å². The standard InChI is InChI=1S/C18H16N4O3S/c1-10-12-8-11(5-6-13(12)19-17(10)24)14(23)9-26-18-21-20-16(22(18)2)15-4-3-7-25-15/h3-8,10H,9H2,1-2H3,(H,19,24)/t10-/m0/s1. The molecular weight excluding hydrogens is 352 g/mol. The summed E-state index contributed by atoms with van der Waals surface area (Å²) in [5, 5.41) is 11.7. The van der Waals surface area contributed by atoms with Gasteiger partial charge < -0.3 is 14.3 Å². The number of carbonyl (C=O) groups is 2. The topological polar surface area (TPSA) is 90.0 Å². The smallest absolute Gasteiger partial charge is 0.231 e. The molecule has 26 heavy (non-hydrogen) atoms. The molecule has 1 amide bonds. The lowest BCUT2D eigenvalue weighted by Crippen LogP contribution is -2.08. The van der Waals surface area contributed by atoms with Gasteiger partial charge in [-0.1, -0.05) is 11.8 Å². The Morgan fingerprint density at radius 3 is 2.96 bits per heavy atom. The Bertz CT molecular complexity index is 994. The minimum absolute atomic E-state index is 0.0214. The van der Waals surface area contributed by atoms with E-state index in [1.54, 1.807) is 35.1 Å². The van der Waals surface area contributed by atoms with E-state index in [0.717, 1.165) is 11.3 Å². The predicted octanol–water partition coefficient (Wildman–Crippen LogP) is 3.11. The molecular formula is C18H16N4O3S. The molecule has 7 nitrogen and oxygen atoms in total. The molecule has 4 rings (SSSR count). The average Bonchev–Trinajstić information content (AvgIpc) is 3.34. The van der Waals surface area contributed by atoms with E-state index in [1.807, 2.05) is 20.0 Å². The first-order valence-electron chi connectivity index (χ1n) is 8.08. The Hall–Kier alpha value is -2.87. The fourth-order valence-corrected chi connectivity index (χ4v) is 3.67. The van der Waals surface area contributed by atoms with E-state index in [-0.39, 0.29) is 23.4 Å². The van der Waals surface area contributed by atoms with Gasteiger partial charge in [-0.05, 0) is 42.8 Å². The molecule has 0 spiro atoms. The summed E-state index contributed by atoms with van der Waals surface area (Å²) in [6, 6.07) is 8.92. The van der Waals surface area contributed by atoms with Gasteiger partial charge in [-0.15, -0.1) is 10.2 Å². The summed E-state index contributed by atoms with van der Waals surface area (Å²) >= 11 is 1.32. The van der Waals surface area contributed by atoms with E-state index in [4.69, 9.17) is 4.42 Å². The number of anilines is 1. The zero-order valence-corrected chi connectivity index (χ0v) is 15.0. The molecule has 3 aromatic rings. The van der Waals surface area contributed by atoms with Crippen LogP contribution in [0.1, 0.15) is 28.8 Å². The lowest BCUT2D eigenvalue weighted by atomic mass is 9.99. The zero-order valence-electron chi connectivity index (χ0n) is 14.2. The average molecular weight is 368 g/mol. The van der Waals surface area contributed by atoms with Crippen LogP contribution in [0.5, 0.6) is 0 Å². The van der Waals surface area contributed by atoms with Crippen molar-refractivity contribution in [3.8, 4) is 11.6 Å². The molecule has 0 bridgehead atoms. The maximum Gasteiger partial charge on any atom is 0.231 e. The molecule has 1 atom stereocenters. The highest BCUT2D eigenvalue weighted by Gasteiger charge is 2.27. The minimum atomic E-state index is -0.236. The summed E-state index contributed by atoms with van der Waals surface area (Å²) in [7, 11) is 1.83. The van der Waals surface area contributed by atoms with Crippen molar-refractivity contribution in [3.63, 3.8) is 0 Å². The molecule has 2 aromatic heterocycles. The highest BCUT2D eigenvalue weighted by molar-refractivity contribution is 7.99. The lowest BCUT2D eigenvalue weighted by molar-refractivity contribution is -0.116. The first-order valence-corrected chi connectivity index (χ1v) is 9.07. The monoisotopic (exact) mass is 368 g/mol. The number of aromatic nitrogens is 3. The molecule has 0 radical (unpaired) electrons. The Morgan fingerprint density at radius 1 is 1.35 bits per heavy atom. The molecule has 0 aliphatic carbocycles. The van der Waals surface area contributed by atoms with Gasteiger partial charge in [0.25, 0.3) is 0 Å². The quantitative estimate of drug-likeness (QED) is 0.550. The van der Waals surface area contributed by atoms with E-state index in [2.05, 4.69) is 15.5 Å². The van der Waals surface area contributed by atoms with Crippen molar-refractivity contribution in [2.45, 2.75) is 18.0 Å². The highest BCUT2D eigenvalue weighted by atomic mass is 32.2. The van der Waals surface area contributed by atoms with Crippen LogP contribution in [0.15, 0.2) is 46.2 Å². The third kappa shape index (κ3) is 2.82. The van der Waals surface area contributed by atoms with E-state index < -0.39 is 0 Å². The van der Waals surface area contributed by atoms with Gasteiger partial charge in [-0.2, -0.15) is 0 Å². The third-order valence-corrected chi connectivity index (χ3v) is 5.42. The molecule has 132 valence electrons. The second-order valence-corrected chi connectivity index (χ2v) is 7.01. The number of nitrogens with zero attached hydrogens (tertiary/aromatic N) is 3. The SMILES string of the molecule is C[C@@H]1C(=O)Nc2ccc(C(=O)CSc3nnc(-c4ccco4)n3C)cc21. The maximum absolute atomic E-state index is 12.6. The van der Waals surface area contributed by atoms with Crippen LogP contribution in [0.3, 0.4) is 0 Å². The van der Waals surface area contributed by atoms with Gasteiger partial charge in [-0.3, -0.25) is 9.59 Å². The van der Waals surface area contributed by atoms with E-state index in [1.165, 1.54) is 11.8 Å². The van der Waals surface area contributed by atoms with Crippen LogP contribution < -0.4 is 5.32 Å². The molecule has 1 N–H and O–H groups in total. The molecule has 0 saturated heterocycles. The van der Waals surface area contributed by atoms with Gasteiger partial charge in [0.1, 0.15) is 0 Å². The number of ketones is 1. The molecule has 0 unspecified atom stereocenters. The first-order chi connectivity index (χ1) is 12.5. The van der Waals surface area contributed by atoms with Crippen molar-refractivity contribution in [2.24, 2.45) is 7.05 Å². The van der Waals surface area contributed by atoms with Crippen LogP contribution in [-0.4, -0.2) is 32.2 Å². The number of hydrogen-bond donors (Lipinski definition) is 1. The largest absolute Gasteiger partial charge is 0.461 e. The number of amides is 1. The van der Waals surface area contributed by atoms with Crippen molar-refractivity contribution in [1.29, 1.82) is 0 Å². The van der Waals surface area contributed by atoms with Crippen molar-refractivity contribution in [1.82, 2.24) is 14.8 Å². The summed E-state index contributed by atoms with van der Waals surface area (Å²) in [5.74, 6) is 1.18. The van der Waals surface area contributed by atoms with Gasteiger partial charge in [0.2, 0.25) is 5.91 Å². The maximum atomic E-state index is 12.6. The zero-order chi connectivity index (χ0) is 18.3. The third-order valence-electron chi connectivity index (χ3n) is 4.40. The van der Waals surface area contributed by atoms with Crippen LogP contribution in [0.4, 0.5) is 5.69 Å². The van der Waals surface area contributed by atoms with Crippen molar-refractivity contribution >= 4 is 29.1 Å². The first kappa shape index (κ1) is 16.6. The number of furan rings is 1. The van der Waals surface area contributed by atoms with Crippen LogP contribution >= 0.6 is 11.8 Å². The molecule has 3 heterocycles. The summed E-state index contributed by atoms with van der Waals surface area (Å²) in [6.07, 6.45) is 1.58. The Labute approximate surface area is 153 Å². The van der Waals surface area contributed by atoms with E-state index >= 15 is 0 Å². The molecule has 1 aromatic carbocycles. The number of carbonyl (C=O) groups excluding carboxylic acids is 2. The molecule has 8 heteroatoms.